The summed E-state index contributed by atoms with van der Waals surface area (Å²) in [7, 11) is 0. The van der Waals surface area contributed by atoms with Crippen molar-refractivity contribution >= 4 is 0 Å². The topological polar surface area (TPSA) is 3.24 Å². The molecule has 0 N–H and O–H groups in total. The molecule has 0 aliphatic rings. The molecule has 1 nitrogen and oxygen atoms in total. The third kappa shape index (κ3) is 9.84. The highest BCUT2D eigenvalue weighted by Crippen LogP contribution is 2.04. The summed E-state index contributed by atoms with van der Waals surface area (Å²) in [4.78, 5) is 2.48. The predicted molar refractivity (Wildman–Crippen MR) is 70.0 cm³/mol. The van der Waals surface area contributed by atoms with Crippen LogP contribution in [0, 0.1) is 5.92 Å². The summed E-state index contributed by atoms with van der Waals surface area (Å²) >= 11 is 0. The Hall–Kier alpha value is -0.460. The van der Waals surface area contributed by atoms with Gasteiger partial charge in [0, 0.05) is 13.1 Å². The molecule has 0 radical (unpaired) electrons. The third-order valence-electron chi connectivity index (χ3n) is 2.44. The van der Waals surface area contributed by atoms with Gasteiger partial charge in [-0.05, 0) is 25.0 Å². The molecule has 0 atom stereocenters. The molecule has 0 fully saturated rings. The average Bonchev–Trinajstić information content (AvgIpc) is 2.19. The Labute approximate surface area is 96.6 Å². The second-order valence-corrected chi connectivity index (χ2v) is 4.77. The minimum atomic E-state index is 0.762. The summed E-state index contributed by atoms with van der Waals surface area (Å²) in [5, 5.41) is 0. The highest BCUT2D eigenvalue weighted by atomic mass is 15.1. The van der Waals surface area contributed by atoms with Crippen LogP contribution in [0.3, 0.4) is 0 Å². The van der Waals surface area contributed by atoms with Gasteiger partial charge in [0.05, 0.1) is 0 Å². The van der Waals surface area contributed by atoms with Gasteiger partial charge in [-0.3, -0.25) is 0 Å². The van der Waals surface area contributed by atoms with Crippen molar-refractivity contribution < 1.29 is 0 Å². The lowest BCUT2D eigenvalue weighted by atomic mass is 10.2. The Balaban J connectivity index is 3.82. The highest BCUT2D eigenvalue weighted by molar-refractivity contribution is 4.82. The molecule has 0 heterocycles. The molecule has 0 amide bonds. The lowest BCUT2D eigenvalue weighted by Crippen LogP contribution is -2.23. The smallest absolute Gasteiger partial charge is 0.0195 e. The first kappa shape index (κ1) is 14.5. The summed E-state index contributed by atoms with van der Waals surface area (Å²) in [6.45, 7) is 11.5. The van der Waals surface area contributed by atoms with Crippen molar-refractivity contribution in [3.05, 3.63) is 12.3 Å². The summed E-state index contributed by atoms with van der Waals surface area (Å²) in [6, 6.07) is 0. The van der Waals surface area contributed by atoms with Crippen molar-refractivity contribution in [3.8, 4) is 0 Å². The Bertz CT molecular complexity index is 149. The van der Waals surface area contributed by atoms with E-state index in [0.717, 1.165) is 5.92 Å². The molecule has 0 aromatic rings. The van der Waals surface area contributed by atoms with Crippen LogP contribution in [0.15, 0.2) is 12.3 Å². The van der Waals surface area contributed by atoms with Crippen molar-refractivity contribution in [3.63, 3.8) is 0 Å². The summed E-state index contributed by atoms with van der Waals surface area (Å²) in [5.41, 5.74) is 0. The van der Waals surface area contributed by atoms with Gasteiger partial charge in [0.15, 0.2) is 0 Å². The maximum Gasteiger partial charge on any atom is 0.0195 e. The molecule has 0 aromatic carbocycles. The normalized spacial score (nSPS) is 11.5. The monoisotopic (exact) mass is 211 g/mol. The van der Waals surface area contributed by atoms with Crippen LogP contribution in [0.5, 0.6) is 0 Å². The lowest BCUT2D eigenvalue weighted by molar-refractivity contribution is 0.324. The molecule has 0 rings (SSSR count). The Morgan fingerprint density at radius 1 is 1.07 bits per heavy atom. The van der Waals surface area contributed by atoms with Gasteiger partial charge in [0.2, 0.25) is 0 Å². The number of nitrogens with zero attached hydrogens (tertiary/aromatic N) is 1. The minimum absolute atomic E-state index is 0.762. The number of hydrogen-bond acceptors (Lipinski definition) is 1. The van der Waals surface area contributed by atoms with Crippen molar-refractivity contribution in [1.82, 2.24) is 4.90 Å². The van der Waals surface area contributed by atoms with Crippen LogP contribution >= 0.6 is 0 Å². The molecule has 0 aromatic heterocycles. The molecular weight excluding hydrogens is 182 g/mol. The van der Waals surface area contributed by atoms with Crippen LogP contribution in [0.2, 0.25) is 0 Å². The van der Waals surface area contributed by atoms with Gasteiger partial charge in [-0.25, -0.2) is 0 Å². The van der Waals surface area contributed by atoms with E-state index < -0.39 is 0 Å². The SMILES string of the molecule is CCCC/C=C/N(CCCC)CC(C)C. The van der Waals surface area contributed by atoms with Crippen LogP contribution in [0.25, 0.3) is 0 Å². The van der Waals surface area contributed by atoms with Crippen LogP contribution in [0.1, 0.15) is 59.8 Å². The quantitative estimate of drug-likeness (QED) is 0.509. The maximum atomic E-state index is 2.48. The van der Waals surface area contributed by atoms with Gasteiger partial charge in [-0.1, -0.05) is 53.0 Å². The molecule has 0 bridgehead atoms. The summed E-state index contributed by atoms with van der Waals surface area (Å²) < 4.78 is 0. The Morgan fingerprint density at radius 2 is 1.73 bits per heavy atom. The molecule has 1 heteroatoms. The second kappa shape index (κ2) is 10.1. The number of hydrogen-bond donors (Lipinski definition) is 0. The number of allylic oxidation sites excluding steroid dienone is 1. The van der Waals surface area contributed by atoms with Crippen molar-refractivity contribution in [2.45, 2.75) is 59.8 Å². The standard InChI is InChI=1S/C14H29N/c1-5-7-9-10-12-15(11-8-6-2)13-14(3)4/h10,12,14H,5-9,11,13H2,1-4H3/b12-10+. The molecule has 0 unspecified atom stereocenters. The Kier molecular flexibility index (Phi) is 9.76. The predicted octanol–water partition coefficient (Wildman–Crippen LogP) is 4.45. The van der Waals surface area contributed by atoms with E-state index in [1.54, 1.807) is 0 Å². The largest absolute Gasteiger partial charge is 0.377 e. The van der Waals surface area contributed by atoms with E-state index in [9.17, 15) is 0 Å². The van der Waals surface area contributed by atoms with E-state index in [2.05, 4.69) is 44.9 Å². The van der Waals surface area contributed by atoms with E-state index in [-0.39, 0.29) is 0 Å². The third-order valence-corrected chi connectivity index (χ3v) is 2.44. The van der Waals surface area contributed by atoms with Gasteiger partial charge in [0.1, 0.15) is 0 Å². The van der Waals surface area contributed by atoms with Crippen molar-refractivity contribution in [2.24, 2.45) is 5.92 Å². The van der Waals surface area contributed by atoms with E-state index in [0.29, 0.717) is 0 Å². The molecule has 15 heavy (non-hydrogen) atoms. The lowest BCUT2D eigenvalue weighted by Gasteiger charge is -2.22. The first-order valence-electron chi connectivity index (χ1n) is 6.61. The van der Waals surface area contributed by atoms with E-state index in [1.165, 1.54) is 45.2 Å². The van der Waals surface area contributed by atoms with Crippen LogP contribution < -0.4 is 0 Å². The number of rotatable bonds is 9. The fourth-order valence-corrected chi connectivity index (χ4v) is 1.60. The van der Waals surface area contributed by atoms with Gasteiger partial charge in [-0.15, -0.1) is 0 Å². The molecule has 0 spiro atoms. The highest BCUT2D eigenvalue weighted by Gasteiger charge is 2.01. The zero-order valence-electron chi connectivity index (χ0n) is 11.1. The molecule has 0 aliphatic carbocycles. The zero-order chi connectivity index (χ0) is 11.5. The van der Waals surface area contributed by atoms with Gasteiger partial charge in [-0.2, -0.15) is 0 Å². The molecule has 0 saturated carbocycles. The van der Waals surface area contributed by atoms with Crippen LogP contribution in [-0.4, -0.2) is 18.0 Å². The van der Waals surface area contributed by atoms with Crippen molar-refractivity contribution in [1.29, 1.82) is 0 Å². The number of unbranched alkanes of at least 4 members (excludes halogenated alkanes) is 3. The van der Waals surface area contributed by atoms with Gasteiger partial charge < -0.3 is 4.90 Å². The van der Waals surface area contributed by atoms with Gasteiger partial charge >= 0.3 is 0 Å². The van der Waals surface area contributed by atoms with Crippen LogP contribution in [-0.2, 0) is 0 Å². The second-order valence-electron chi connectivity index (χ2n) is 4.77. The average molecular weight is 211 g/mol. The van der Waals surface area contributed by atoms with Crippen molar-refractivity contribution in [2.75, 3.05) is 13.1 Å². The van der Waals surface area contributed by atoms with Crippen LogP contribution in [0.4, 0.5) is 0 Å². The van der Waals surface area contributed by atoms with E-state index in [1.807, 2.05) is 0 Å². The fourth-order valence-electron chi connectivity index (χ4n) is 1.60. The van der Waals surface area contributed by atoms with Gasteiger partial charge in [0.25, 0.3) is 0 Å². The van der Waals surface area contributed by atoms with E-state index in [4.69, 9.17) is 0 Å². The minimum Gasteiger partial charge on any atom is -0.377 e. The first-order chi connectivity index (χ1) is 7.20. The molecule has 0 aliphatic heterocycles. The molecule has 0 saturated heterocycles. The Morgan fingerprint density at radius 3 is 2.27 bits per heavy atom. The van der Waals surface area contributed by atoms with E-state index >= 15 is 0 Å². The zero-order valence-corrected chi connectivity index (χ0v) is 11.1. The summed E-state index contributed by atoms with van der Waals surface area (Å²) in [5.74, 6) is 0.762. The first-order valence-corrected chi connectivity index (χ1v) is 6.61. The summed E-state index contributed by atoms with van der Waals surface area (Å²) in [6.07, 6.45) is 11.1. The fraction of sp³-hybridized carbons (Fsp3) is 0.857. The molecule has 90 valence electrons. The maximum absolute atomic E-state index is 2.48. The molecular formula is C14H29N.